The molecule has 1 aromatic carbocycles. The van der Waals surface area contributed by atoms with Crippen LogP contribution in [0.5, 0.6) is 0 Å². The minimum absolute atomic E-state index is 0.157. The molecule has 2 aromatic rings. The maximum atomic E-state index is 13.1. The van der Waals surface area contributed by atoms with Gasteiger partial charge in [-0.25, -0.2) is 9.37 Å². The fourth-order valence-electron chi connectivity index (χ4n) is 1.50. The van der Waals surface area contributed by atoms with Gasteiger partial charge in [0, 0.05) is 11.1 Å². The van der Waals surface area contributed by atoms with E-state index < -0.39 is 0 Å². The molecule has 0 radical (unpaired) electrons. The van der Waals surface area contributed by atoms with Crippen LogP contribution in [0.3, 0.4) is 0 Å². The zero-order valence-corrected chi connectivity index (χ0v) is 10.6. The van der Waals surface area contributed by atoms with Crippen LogP contribution in [-0.2, 0) is 11.2 Å². The molecule has 18 heavy (non-hydrogen) atoms. The lowest BCUT2D eigenvalue weighted by Gasteiger charge is -2.05. The van der Waals surface area contributed by atoms with Crippen LogP contribution in [0.4, 0.5) is 15.2 Å². The van der Waals surface area contributed by atoms with E-state index >= 15 is 0 Å². The molecular formula is C12H12FN3OS. The number of nitrogens with zero attached hydrogens (tertiary/aromatic N) is 1. The van der Waals surface area contributed by atoms with Gasteiger partial charge in [-0.15, -0.1) is 11.3 Å². The third-order valence-electron chi connectivity index (χ3n) is 2.35. The van der Waals surface area contributed by atoms with Gasteiger partial charge < -0.3 is 11.1 Å². The number of rotatable bonds is 3. The first-order chi connectivity index (χ1) is 8.54. The molecule has 1 amide bonds. The highest BCUT2D eigenvalue weighted by molar-refractivity contribution is 7.13. The number of nitrogens with two attached hydrogens (primary N) is 1. The van der Waals surface area contributed by atoms with Crippen LogP contribution in [0.15, 0.2) is 23.6 Å². The Balaban J connectivity index is 2.00. The van der Waals surface area contributed by atoms with Crippen LogP contribution in [0.2, 0.25) is 0 Å². The standard InChI is InChI=1S/C12H12FN3OS/c1-7-4-8(2-3-10(7)13)15-11(17)5-9-6-18-12(14)16-9/h2-4,6H,5H2,1H3,(H2,14,16)(H,15,17). The Labute approximate surface area is 108 Å². The largest absolute Gasteiger partial charge is 0.375 e. The fourth-order valence-corrected chi connectivity index (χ4v) is 2.06. The summed E-state index contributed by atoms with van der Waals surface area (Å²) >= 11 is 1.29. The Morgan fingerprint density at radius 2 is 2.33 bits per heavy atom. The van der Waals surface area contributed by atoms with E-state index in [1.807, 2.05) is 0 Å². The molecule has 0 aliphatic carbocycles. The number of nitrogens with one attached hydrogen (secondary N) is 1. The van der Waals surface area contributed by atoms with Crippen LogP contribution in [-0.4, -0.2) is 10.9 Å². The number of hydrogen-bond acceptors (Lipinski definition) is 4. The van der Waals surface area contributed by atoms with Crippen molar-refractivity contribution in [2.45, 2.75) is 13.3 Å². The first kappa shape index (κ1) is 12.5. The predicted molar refractivity (Wildman–Crippen MR) is 70.0 cm³/mol. The van der Waals surface area contributed by atoms with Crippen molar-refractivity contribution in [3.63, 3.8) is 0 Å². The topological polar surface area (TPSA) is 68.0 Å². The summed E-state index contributed by atoms with van der Waals surface area (Å²) in [5, 5.41) is 4.87. The molecule has 0 fully saturated rings. The molecule has 0 aliphatic heterocycles. The zero-order chi connectivity index (χ0) is 13.1. The Morgan fingerprint density at radius 1 is 1.56 bits per heavy atom. The van der Waals surface area contributed by atoms with Gasteiger partial charge in [0.2, 0.25) is 5.91 Å². The summed E-state index contributed by atoms with van der Waals surface area (Å²) in [7, 11) is 0. The zero-order valence-electron chi connectivity index (χ0n) is 9.74. The molecule has 6 heteroatoms. The SMILES string of the molecule is Cc1cc(NC(=O)Cc2csc(N)n2)ccc1F. The number of halogens is 1. The number of nitrogen functional groups attached to an aromatic ring is 1. The summed E-state index contributed by atoms with van der Waals surface area (Å²) in [5.41, 5.74) is 7.17. The summed E-state index contributed by atoms with van der Waals surface area (Å²) in [5.74, 6) is -0.494. The second kappa shape index (κ2) is 5.14. The molecular weight excluding hydrogens is 253 g/mol. The molecule has 4 nitrogen and oxygen atoms in total. The van der Waals surface area contributed by atoms with Gasteiger partial charge in [-0.05, 0) is 30.7 Å². The molecule has 0 atom stereocenters. The molecule has 0 bridgehead atoms. The molecule has 0 unspecified atom stereocenters. The number of amides is 1. The van der Waals surface area contributed by atoms with E-state index in [0.29, 0.717) is 22.1 Å². The number of thiazole rings is 1. The monoisotopic (exact) mass is 265 g/mol. The van der Waals surface area contributed by atoms with Crippen molar-refractivity contribution in [3.05, 3.63) is 40.7 Å². The normalized spacial score (nSPS) is 10.3. The van der Waals surface area contributed by atoms with Crippen molar-refractivity contribution in [1.29, 1.82) is 0 Å². The average Bonchev–Trinajstić information content (AvgIpc) is 2.69. The number of aryl methyl sites for hydroxylation is 1. The van der Waals surface area contributed by atoms with E-state index in [2.05, 4.69) is 10.3 Å². The van der Waals surface area contributed by atoms with Gasteiger partial charge in [0.15, 0.2) is 5.13 Å². The number of anilines is 2. The number of carbonyl (C=O) groups is 1. The van der Waals surface area contributed by atoms with Crippen LogP contribution in [0.1, 0.15) is 11.3 Å². The Kier molecular flexibility index (Phi) is 3.57. The summed E-state index contributed by atoms with van der Waals surface area (Å²) in [6.07, 6.45) is 0.157. The van der Waals surface area contributed by atoms with E-state index in [4.69, 9.17) is 5.73 Å². The van der Waals surface area contributed by atoms with Gasteiger partial charge >= 0.3 is 0 Å². The van der Waals surface area contributed by atoms with Gasteiger partial charge in [0.25, 0.3) is 0 Å². The number of aromatic nitrogens is 1. The van der Waals surface area contributed by atoms with Gasteiger partial charge in [0.05, 0.1) is 12.1 Å². The van der Waals surface area contributed by atoms with Crippen LogP contribution in [0, 0.1) is 12.7 Å². The quantitative estimate of drug-likeness (QED) is 0.895. The van der Waals surface area contributed by atoms with E-state index in [-0.39, 0.29) is 18.1 Å². The minimum Gasteiger partial charge on any atom is -0.375 e. The minimum atomic E-state index is -0.291. The molecule has 3 N–H and O–H groups in total. The first-order valence-corrected chi connectivity index (χ1v) is 6.18. The fraction of sp³-hybridized carbons (Fsp3) is 0.167. The van der Waals surface area contributed by atoms with Gasteiger partial charge in [-0.1, -0.05) is 0 Å². The maximum absolute atomic E-state index is 13.1. The van der Waals surface area contributed by atoms with Crippen LogP contribution in [0.25, 0.3) is 0 Å². The molecule has 0 aliphatic rings. The molecule has 0 spiro atoms. The molecule has 1 heterocycles. The van der Waals surface area contributed by atoms with Crippen molar-refractivity contribution < 1.29 is 9.18 Å². The van der Waals surface area contributed by atoms with Crippen molar-refractivity contribution in [3.8, 4) is 0 Å². The summed E-state index contributed by atoms with van der Waals surface area (Å²) in [6, 6.07) is 4.43. The average molecular weight is 265 g/mol. The van der Waals surface area contributed by atoms with Crippen LogP contribution >= 0.6 is 11.3 Å². The van der Waals surface area contributed by atoms with Gasteiger partial charge in [0.1, 0.15) is 5.82 Å². The number of benzene rings is 1. The smallest absolute Gasteiger partial charge is 0.230 e. The molecule has 2 rings (SSSR count). The molecule has 94 valence electrons. The molecule has 1 aromatic heterocycles. The Hall–Kier alpha value is -1.95. The highest BCUT2D eigenvalue weighted by Gasteiger charge is 2.08. The summed E-state index contributed by atoms with van der Waals surface area (Å²) in [6.45, 7) is 1.64. The third-order valence-corrected chi connectivity index (χ3v) is 3.08. The second-order valence-corrected chi connectivity index (χ2v) is 4.76. The Bertz CT molecular complexity index is 582. The second-order valence-electron chi connectivity index (χ2n) is 3.87. The summed E-state index contributed by atoms with van der Waals surface area (Å²) < 4.78 is 13.1. The lowest BCUT2D eigenvalue weighted by atomic mass is 10.2. The predicted octanol–water partition coefficient (Wildman–Crippen LogP) is 2.35. The van der Waals surface area contributed by atoms with E-state index in [9.17, 15) is 9.18 Å². The highest BCUT2D eigenvalue weighted by Crippen LogP contribution is 2.15. The number of carbonyl (C=O) groups excluding carboxylic acids is 1. The Morgan fingerprint density at radius 3 is 2.94 bits per heavy atom. The highest BCUT2D eigenvalue weighted by atomic mass is 32.1. The number of hydrogen-bond donors (Lipinski definition) is 2. The van der Waals surface area contributed by atoms with Crippen molar-refractivity contribution in [1.82, 2.24) is 4.98 Å². The van der Waals surface area contributed by atoms with Crippen molar-refractivity contribution >= 4 is 28.1 Å². The third kappa shape index (κ3) is 3.04. The van der Waals surface area contributed by atoms with E-state index in [1.165, 1.54) is 23.5 Å². The van der Waals surface area contributed by atoms with Gasteiger partial charge in [-0.3, -0.25) is 4.79 Å². The molecule has 0 saturated carbocycles. The molecule has 0 saturated heterocycles. The van der Waals surface area contributed by atoms with E-state index in [0.717, 1.165) is 0 Å². The first-order valence-electron chi connectivity index (χ1n) is 5.30. The summed E-state index contributed by atoms with van der Waals surface area (Å²) in [4.78, 5) is 15.7. The lowest BCUT2D eigenvalue weighted by Crippen LogP contribution is -2.14. The maximum Gasteiger partial charge on any atom is 0.230 e. The van der Waals surface area contributed by atoms with Crippen molar-refractivity contribution in [2.75, 3.05) is 11.1 Å². The van der Waals surface area contributed by atoms with Gasteiger partial charge in [-0.2, -0.15) is 0 Å². The lowest BCUT2D eigenvalue weighted by molar-refractivity contribution is -0.115. The van der Waals surface area contributed by atoms with Crippen molar-refractivity contribution in [2.24, 2.45) is 0 Å². The van der Waals surface area contributed by atoms with E-state index in [1.54, 1.807) is 18.4 Å². The van der Waals surface area contributed by atoms with Crippen LogP contribution < -0.4 is 11.1 Å².